The second-order valence-corrected chi connectivity index (χ2v) is 6.26. The third-order valence-electron chi connectivity index (χ3n) is 2.71. The van der Waals surface area contributed by atoms with Gasteiger partial charge < -0.3 is 5.32 Å². The van der Waals surface area contributed by atoms with E-state index in [0.29, 0.717) is 5.13 Å². The molecule has 0 atom stereocenters. The second-order valence-electron chi connectivity index (χ2n) is 4.96. The van der Waals surface area contributed by atoms with E-state index in [-0.39, 0.29) is 11.8 Å². The summed E-state index contributed by atoms with van der Waals surface area (Å²) < 4.78 is 1.08. The number of rotatable bonds is 3. The average Bonchev–Trinajstić information content (AvgIpc) is 2.70. The average molecular weight is 283 g/mol. The van der Waals surface area contributed by atoms with Gasteiger partial charge in [0.15, 0.2) is 5.13 Å². The van der Waals surface area contributed by atoms with Crippen molar-refractivity contribution in [1.29, 1.82) is 0 Å². The van der Waals surface area contributed by atoms with E-state index in [1.807, 2.05) is 32.9 Å². The van der Waals surface area contributed by atoms with Crippen molar-refractivity contribution < 1.29 is 4.79 Å². The Morgan fingerprint density at radius 2 is 2.22 bits per heavy atom. The van der Waals surface area contributed by atoms with Gasteiger partial charge in [-0.2, -0.15) is 0 Å². The smallest absolute Gasteiger partial charge is 0.233 e. The number of amides is 1. The van der Waals surface area contributed by atoms with E-state index >= 15 is 0 Å². The number of alkyl halides is 1. The lowest BCUT2D eigenvalue weighted by atomic mass is 9.95. The standard InChI is InChI=1S/C13H15ClN2OS/c1-8-4-5-9-10(6-8)18-12(15-9)16-11(17)13(2,3)7-14/h4-6H,7H2,1-3H3,(H,15,16,17). The summed E-state index contributed by atoms with van der Waals surface area (Å²) in [7, 11) is 0. The van der Waals surface area contributed by atoms with Crippen LogP contribution in [0.4, 0.5) is 5.13 Å². The molecule has 3 nitrogen and oxygen atoms in total. The molecule has 0 aliphatic heterocycles. The van der Waals surface area contributed by atoms with Crippen molar-refractivity contribution in [2.75, 3.05) is 11.2 Å². The maximum Gasteiger partial charge on any atom is 0.233 e. The molecule has 1 aromatic heterocycles. The Hall–Kier alpha value is -1.13. The molecular weight excluding hydrogens is 268 g/mol. The molecule has 0 unspecified atom stereocenters. The van der Waals surface area contributed by atoms with Gasteiger partial charge in [0.05, 0.1) is 15.6 Å². The largest absolute Gasteiger partial charge is 0.301 e. The summed E-state index contributed by atoms with van der Waals surface area (Å²) in [5, 5.41) is 3.45. The first-order valence-corrected chi connectivity index (χ1v) is 7.02. The van der Waals surface area contributed by atoms with E-state index in [1.54, 1.807) is 0 Å². The minimum Gasteiger partial charge on any atom is -0.301 e. The first-order valence-electron chi connectivity index (χ1n) is 5.67. The zero-order valence-electron chi connectivity index (χ0n) is 10.6. The Balaban J connectivity index is 2.25. The summed E-state index contributed by atoms with van der Waals surface area (Å²) >= 11 is 7.26. The zero-order chi connectivity index (χ0) is 13.3. The van der Waals surface area contributed by atoms with Crippen LogP contribution in [0.15, 0.2) is 18.2 Å². The number of carbonyl (C=O) groups is 1. The molecule has 0 fully saturated rings. The van der Waals surface area contributed by atoms with Gasteiger partial charge in [0.2, 0.25) is 5.91 Å². The van der Waals surface area contributed by atoms with Gasteiger partial charge in [-0.05, 0) is 38.5 Å². The normalized spacial score (nSPS) is 11.8. The molecule has 2 aromatic rings. The monoisotopic (exact) mass is 282 g/mol. The number of hydrogen-bond donors (Lipinski definition) is 1. The van der Waals surface area contributed by atoms with Crippen LogP contribution in [0, 0.1) is 12.3 Å². The highest BCUT2D eigenvalue weighted by Gasteiger charge is 2.27. The fourth-order valence-electron chi connectivity index (χ4n) is 1.41. The van der Waals surface area contributed by atoms with Crippen molar-refractivity contribution in [1.82, 2.24) is 4.98 Å². The zero-order valence-corrected chi connectivity index (χ0v) is 12.2. The van der Waals surface area contributed by atoms with E-state index in [1.165, 1.54) is 16.9 Å². The third-order valence-corrected chi connectivity index (χ3v) is 4.31. The summed E-state index contributed by atoms with van der Waals surface area (Å²) in [5.41, 5.74) is 1.50. The molecule has 0 aliphatic rings. The van der Waals surface area contributed by atoms with Crippen LogP contribution in [-0.4, -0.2) is 16.8 Å². The number of anilines is 1. The summed E-state index contributed by atoms with van der Waals surface area (Å²) in [5.74, 6) is 0.177. The molecule has 0 aliphatic carbocycles. The SMILES string of the molecule is Cc1ccc2nc(NC(=O)C(C)(C)CCl)sc2c1. The van der Waals surface area contributed by atoms with Gasteiger partial charge in [-0.1, -0.05) is 17.4 Å². The Morgan fingerprint density at radius 3 is 2.89 bits per heavy atom. The predicted octanol–water partition coefficient (Wildman–Crippen LogP) is 3.81. The Morgan fingerprint density at radius 1 is 1.50 bits per heavy atom. The van der Waals surface area contributed by atoms with Crippen LogP contribution in [0.5, 0.6) is 0 Å². The molecule has 0 saturated heterocycles. The van der Waals surface area contributed by atoms with E-state index in [4.69, 9.17) is 11.6 Å². The Kier molecular flexibility index (Phi) is 3.59. The Labute approximate surface area is 115 Å². The number of thiazole rings is 1. The maximum absolute atomic E-state index is 12.0. The van der Waals surface area contributed by atoms with Gasteiger partial charge in [0, 0.05) is 5.88 Å². The van der Waals surface area contributed by atoms with Crippen molar-refractivity contribution in [3.8, 4) is 0 Å². The number of benzene rings is 1. The quantitative estimate of drug-likeness (QED) is 0.870. The molecule has 0 spiro atoms. The van der Waals surface area contributed by atoms with Crippen molar-refractivity contribution >= 4 is 44.2 Å². The van der Waals surface area contributed by atoms with Crippen LogP contribution < -0.4 is 5.32 Å². The van der Waals surface area contributed by atoms with Crippen LogP contribution >= 0.6 is 22.9 Å². The van der Waals surface area contributed by atoms with Crippen LogP contribution in [0.1, 0.15) is 19.4 Å². The van der Waals surface area contributed by atoms with E-state index in [0.717, 1.165) is 10.2 Å². The van der Waals surface area contributed by atoms with Crippen LogP contribution in [0.3, 0.4) is 0 Å². The number of aromatic nitrogens is 1. The number of halogens is 1. The van der Waals surface area contributed by atoms with Gasteiger partial charge in [-0.25, -0.2) is 4.98 Å². The molecule has 0 radical (unpaired) electrons. The maximum atomic E-state index is 12.0. The highest BCUT2D eigenvalue weighted by molar-refractivity contribution is 7.22. The third kappa shape index (κ3) is 2.65. The molecule has 1 amide bonds. The molecule has 0 saturated carbocycles. The lowest BCUT2D eigenvalue weighted by Crippen LogP contribution is -2.32. The number of fused-ring (bicyclic) bond motifs is 1. The molecule has 1 N–H and O–H groups in total. The number of aryl methyl sites for hydroxylation is 1. The van der Waals surface area contributed by atoms with Crippen molar-refractivity contribution in [3.05, 3.63) is 23.8 Å². The van der Waals surface area contributed by atoms with E-state index in [2.05, 4.69) is 16.4 Å². The highest BCUT2D eigenvalue weighted by atomic mass is 35.5. The summed E-state index contributed by atoms with van der Waals surface area (Å²) in [6.07, 6.45) is 0. The number of nitrogens with zero attached hydrogens (tertiary/aromatic N) is 1. The molecule has 1 heterocycles. The van der Waals surface area contributed by atoms with Gasteiger partial charge >= 0.3 is 0 Å². The lowest BCUT2D eigenvalue weighted by Gasteiger charge is -2.18. The van der Waals surface area contributed by atoms with Gasteiger partial charge in [-0.15, -0.1) is 11.6 Å². The fourth-order valence-corrected chi connectivity index (χ4v) is 2.49. The highest BCUT2D eigenvalue weighted by Crippen LogP contribution is 2.28. The molecular formula is C13H15ClN2OS. The van der Waals surface area contributed by atoms with Crippen LogP contribution in [0.25, 0.3) is 10.2 Å². The van der Waals surface area contributed by atoms with Crippen LogP contribution in [-0.2, 0) is 4.79 Å². The number of hydrogen-bond acceptors (Lipinski definition) is 3. The number of carbonyl (C=O) groups excluding carboxylic acids is 1. The van der Waals surface area contributed by atoms with Crippen molar-refractivity contribution in [2.45, 2.75) is 20.8 Å². The molecule has 1 aromatic carbocycles. The number of nitrogens with one attached hydrogen (secondary N) is 1. The molecule has 5 heteroatoms. The first kappa shape index (κ1) is 13.3. The van der Waals surface area contributed by atoms with Crippen LogP contribution in [0.2, 0.25) is 0 Å². The fraction of sp³-hybridized carbons (Fsp3) is 0.385. The van der Waals surface area contributed by atoms with Crippen molar-refractivity contribution in [2.24, 2.45) is 5.41 Å². The predicted molar refractivity (Wildman–Crippen MR) is 77.5 cm³/mol. The van der Waals surface area contributed by atoms with E-state index < -0.39 is 5.41 Å². The Bertz CT molecular complexity index is 592. The summed E-state index contributed by atoms with van der Waals surface area (Å²) in [6, 6.07) is 6.04. The molecule has 18 heavy (non-hydrogen) atoms. The van der Waals surface area contributed by atoms with Gasteiger partial charge in [-0.3, -0.25) is 4.79 Å². The second kappa shape index (κ2) is 4.86. The molecule has 0 bridgehead atoms. The summed E-state index contributed by atoms with van der Waals surface area (Å²) in [6.45, 7) is 5.66. The van der Waals surface area contributed by atoms with E-state index in [9.17, 15) is 4.79 Å². The molecule has 2 rings (SSSR count). The van der Waals surface area contributed by atoms with Crippen molar-refractivity contribution in [3.63, 3.8) is 0 Å². The first-order chi connectivity index (χ1) is 8.42. The summed E-state index contributed by atoms with van der Waals surface area (Å²) in [4.78, 5) is 16.4. The molecule has 96 valence electrons. The topological polar surface area (TPSA) is 42.0 Å². The minimum absolute atomic E-state index is 0.103. The minimum atomic E-state index is -0.588. The lowest BCUT2D eigenvalue weighted by molar-refractivity contribution is -0.122. The van der Waals surface area contributed by atoms with Gasteiger partial charge in [0.1, 0.15) is 0 Å². The van der Waals surface area contributed by atoms with Gasteiger partial charge in [0.25, 0.3) is 0 Å².